The predicted molar refractivity (Wildman–Crippen MR) is 84.0 cm³/mol. The average molecular weight is 287 g/mol. The van der Waals surface area contributed by atoms with Gasteiger partial charge in [-0.15, -0.1) is 0 Å². The first-order valence-corrected chi connectivity index (χ1v) is 8.24. The number of fused-ring (bicyclic) bond motifs is 2. The number of aryl methyl sites for hydroxylation is 1. The van der Waals surface area contributed by atoms with Gasteiger partial charge in [0, 0.05) is 18.7 Å². The molecule has 1 amide bonds. The zero-order chi connectivity index (χ0) is 14.7. The summed E-state index contributed by atoms with van der Waals surface area (Å²) in [7, 11) is 0. The van der Waals surface area contributed by atoms with Gasteiger partial charge in [-0.2, -0.15) is 0 Å². The molecule has 2 aliphatic carbocycles. The second kappa shape index (κ2) is 6.61. The van der Waals surface area contributed by atoms with Crippen molar-refractivity contribution in [3.05, 3.63) is 29.8 Å². The van der Waals surface area contributed by atoms with E-state index in [-0.39, 0.29) is 12.5 Å². The molecule has 2 fully saturated rings. The van der Waals surface area contributed by atoms with Gasteiger partial charge in [0.15, 0.2) is 0 Å². The minimum atomic E-state index is 0.159. The summed E-state index contributed by atoms with van der Waals surface area (Å²) in [6, 6.07) is 7.98. The average Bonchev–Trinajstić information content (AvgIpc) is 3.08. The Morgan fingerprint density at radius 2 is 2.19 bits per heavy atom. The van der Waals surface area contributed by atoms with E-state index in [9.17, 15) is 4.79 Å². The molecule has 2 aliphatic rings. The Hall–Kier alpha value is -1.35. The number of benzene rings is 1. The Bertz CT molecular complexity index is 500. The second-order valence-corrected chi connectivity index (χ2v) is 6.71. The van der Waals surface area contributed by atoms with Gasteiger partial charge >= 0.3 is 0 Å². The fraction of sp³-hybridized carbons (Fsp3) is 0.611. The van der Waals surface area contributed by atoms with Crippen LogP contribution in [-0.4, -0.2) is 17.6 Å². The molecule has 2 N–H and O–H groups in total. The van der Waals surface area contributed by atoms with Gasteiger partial charge in [-0.1, -0.05) is 18.6 Å². The molecule has 3 unspecified atom stereocenters. The summed E-state index contributed by atoms with van der Waals surface area (Å²) < 4.78 is 0. The lowest BCUT2D eigenvalue weighted by Gasteiger charge is -2.21. The Labute approximate surface area is 126 Å². The molecular formula is C18H25NO2. The maximum atomic E-state index is 12.2. The van der Waals surface area contributed by atoms with Gasteiger partial charge in [-0.05, 0) is 67.6 Å². The maximum Gasteiger partial charge on any atom is 0.224 e. The Morgan fingerprint density at radius 1 is 1.29 bits per heavy atom. The summed E-state index contributed by atoms with van der Waals surface area (Å²) >= 11 is 0. The van der Waals surface area contributed by atoms with Crippen molar-refractivity contribution in [2.75, 3.05) is 11.9 Å². The molecular weight excluding hydrogens is 262 g/mol. The monoisotopic (exact) mass is 287 g/mol. The van der Waals surface area contributed by atoms with E-state index < -0.39 is 0 Å². The number of carbonyl (C=O) groups excluding carboxylic acids is 1. The number of anilines is 1. The molecule has 3 heteroatoms. The van der Waals surface area contributed by atoms with E-state index in [4.69, 9.17) is 5.11 Å². The molecule has 0 aliphatic heterocycles. The number of amides is 1. The third-order valence-corrected chi connectivity index (χ3v) is 5.17. The van der Waals surface area contributed by atoms with Crippen LogP contribution in [0, 0.1) is 17.8 Å². The van der Waals surface area contributed by atoms with E-state index in [1.807, 2.05) is 24.3 Å². The molecule has 3 nitrogen and oxygen atoms in total. The van der Waals surface area contributed by atoms with Crippen LogP contribution in [-0.2, 0) is 11.2 Å². The summed E-state index contributed by atoms with van der Waals surface area (Å²) in [5.74, 6) is 2.47. The largest absolute Gasteiger partial charge is 0.396 e. The molecule has 0 aromatic heterocycles. The minimum absolute atomic E-state index is 0.159. The standard InChI is InChI=1S/C18H25NO2/c20-8-2-4-13-3-1-5-17(11-13)19-18(21)12-16-10-14-6-7-15(16)9-14/h1,3,5,11,14-16,20H,2,4,6-10,12H2,(H,19,21). The summed E-state index contributed by atoms with van der Waals surface area (Å²) in [6.07, 6.45) is 7.63. The fourth-order valence-corrected chi connectivity index (χ4v) is 4.16. The van der Waals surface area contributed by atoms with Gasteiger partial charge in [0.1, 0.15) is 0 Å². The number of carbonyl (C=O) groups is 1. The van der Waals surface area contributed by atoms with E-state index in [1.54, 1.807) is 0 Å². The molecule has 0 spiro atoms. The van der Waals surface area contributed by atoms with Gasteiger partial charge in [0.2, 0.25) is 5.91 Å². The first-order chi connectivity index (χ1) is 10.2. The molecule has 2 bridgehead atoms. The molecule has 3 rings (SSSR count). The molecule has 0 saturated heterocycles. The van der Waals surface area contributed by atoms with Crippen LogP contribution in [0.1, 0.15) is 44.1 Å². The van der Waals surface area contributed by atoms with Crippen LogP contribution in [0.2, 0.25) is 0 Å². The summed E-state index contributed by atoms with van der Waals surface area (Å²) in [4.78, 5) is 12.2. The highest BCUT2D eigenvalue weighted by Gasteiger charge is 2.40. The second-order valence-electron chi connectivity index (χ2n) is 6.71. The highest BCUT2D eigenvalue weighted by atomic mass is 16.2. The van der Waals surface area contributed by atoms with Gasteiger partial charge in [0.25, 0.3) is 0 Å². The molecule has 3 atom stereocenters. The first kappa shape index (κ1) is 14.6. The molecule has 2 saturated carbocycles. The smallest absolute Gasteiger partial charge is 0.224 e. The maximum absolute atomic E-state index is 12.2. The zero-order valence-corrected chi connectivity index (χ0v) is 12.6. The van der Waals surface area contributed by atoms with Gasteiger partial charge < -0.3 is 10.4 Å². The van der Waals surface area contributed by atoms with Crippen LogP contribution in [0.5, 0.6) is 0 Å². The van der Waals surface area contributed by atoms with Crippen molar-refractivity contribution in [3.8, 4) is 0 Å². The third kappa shape index (κ3) is 3.65. The number of aliphatic hydroxyl groups excluding tert-OH is 1. The van der Waals surface area contributed by atoms with Gasteiger partial charge in [0.05, 0.1) is 0 Å². The van der Waals surface area contributed by atoms with Crippen molar-refractivity contribution < 1.29 is 9.90 Å². The molecule has 1 aromatic rings. The lowest BCUT2D eigenvalue weighted by Crippen LogP contribution is -2.20. The zero-order valence-electron chi connectivity index (χ0n) is 12.6. The first-order valence-electron chi connectivity index (χ1n) is 8.24. The quantitative estimate of drug-likeness (QED) is 0.842. The molecule has 0 heterocycles. The third-order valence-electron chi connectivity index (χ3n) is 5.17. The van der Waals surface area contributed by atoms with Crippen LogP contribution < -0.4 is 5.32 Å². The summed E-state index contributed by atoms with van der Waals surface area (Å²) in [5.41, 5.74) is 2.06. The van der Waals surface area contributed by atoms with Crippen molar-refractivity contribution in [2.24, 2.45) is 17.8 Å². The fourth-order valence-electron chi connectivity index (χ4n) is 4.16. The van der Waals surface area contributed by atoms with E-state index in [2.05, 4.69) is 5.32 Å². The van der Waals surface area contributed by atoms with Gasteiger partial charge in [-0.3, -0.25) is 4.79 Å². The highest BCUT2D eigenvalue weighted by molar-refractivity contribution is 5.90. The van der Waals surface area contributed by atoms with Crippen molar-refractivity contribution in [3.63, 3.8) is 0 Å². The molecule has 21 heavy (non-hydrogen) atoms. The Kier molecular flexibility index (Phi) is 4.59. The van der Waals surface area contributed by atoms with E-state index in [0.717, 1.165) is 30.4 Å². The van der Waals surface area contributed by atoms with Crippen LogP contribution in [0.15, 0.2) is 24.3 Å². The number of rotatable bonds is 6. The summed E-state index contributed by atoms with van der Waals surface area (Å²) in [5, 5.41) is 11.9. The van der Waals surface area contributed by atoms with E-state index in [1.165, 1.54) is 31.2 Å². The lowest BCUT2D eigenvalue weighted by molar-refractivity contribution is -0.117. The normalized spacial score (nSPS) is 27.0. The minimum Gasteiger partial charge on any atom is -0.396 e. The van der Waals surface area contributed by atoms with Crippen molar-refractivity contribution in [2.45, 2.75) is 44.9 Å². The predicted octanol–water partition coefficient (Wildman–Crippen LogP) is 3.38. The van der Waals surface area contributed by atoms with Crippen molar-refractivity contribution in [1.82, 2.24) is 0 Å². The Balaban J connectivity index is 1.52. The van der Waals surface area contributed by atoms with Crippen LogP contribution in [0.25, 0.3) is 0 Å². The number of hydrogen-bond acceptors (Lipinski definition) is 2. The number of nitrogens with one attached hydrogen (secondary N) is 1. The highest BCUT2D eigenvalue weighted by Crippen LogP contribution is 2.49. The van der Waals surface area contributed by atoms with Crippen molar-refractivity contribution in [1.29, 1.82) is 0 Å². The van der Waals surface area contributed by atoms with Crippen LogP contribution >= 0.6 is 0 Å². The number of hydrogen-bond donors (Lipinski definition) is 2. The van der Waals surface area contributed by atoms with Gasteiger partial charge in [-0.25, -0.2) is 0 Å². The molecule has 1 aromatic carbocycles. The lowest BCUT2D eigenvalue weighted by atomic mass is 9.86. The topological polar surface area (TPSA) is 49.3 Å². The van der Waals surface area contributed by atoms with Crippen molar-refractivity contribution >= 4 is 11.6 Å². The SMILES string of the molecule is O=C(CC1CC2CCC1C2)Nc1cccc(CCCO)c1. The van der Waals surface area contributed by atoms with E-state index in [0.29, 0.717) is 12.3 Å². The number of aliphatic hydroxyl groups is 1. The molecule has 0 radical (unpaired) electrons. The molecule has 114 valence electrons. The van der Waals surface area contributed by atoms with Crippen LogP contribution in [0.4, 0.5) is 5.69 Å². The summed E-state index contributed by atoms with van der Waals surface area (Å²) in [6.45, 7) is 0.209. The van der Waals surface area contributed by atoms with Crippen LogP contribution in [0.3, 0.4) is 0 Å². The Morgan fingerprint density at radius 3 is 2.90 bits per heavy atom. The van der Waals surface area contributed by atoms with E-state index >= 15 is 0 Å².